The van der Waals surface area contributed by atoms with Crippen molar-refractivity contribution >= 4 is 11.8 Å². The molecule has 0 aliphatic carbocycles. The van der Waals surface area contributed by atoms with Gasteiger partial charge in [-0.1, -0.05) is 13.8 Å². The molecule has 5 nitrogen and oxygen atoms in total. The minimum absolute atomic E-state index is 0.385. The largest absolute Gasteiger partial charge is 0.368 e. The molecule has 0 saturated carbocycles. The van der Waals surface area contributed by atoms with Gasteiger partial charge in [-0.05, 0) is 25.8 Å². The Kier molecular flexibility index (Phi) is 4.01. The third kappa shape index (κ3) is 3.10. The monoisotopic (exact) mass is 249 g/mol. The number of rotatable bonds is 4. The van der Waals surface area contributed by atoms with Crippen molar-refractivity contribution in [2.24, 2.45) is 5.92 Å². The van der Waals surface area contributed by atoms with E-state index in [0.29, 0.717) is 17.9 Å². The van der Waals surface area contributed by atoms with Crippen molar-refractivity contribution in [3.05, 3.63) is 11.8 Å². The highest BCUT2D eigenvalue weighted by molar-refractivity contribution is 5.44. The fraction of sp³-hybridized carbons (Fsp3) is 0.692. The Morgan fingerprint density at radius 2 is 2.28 bits per heavy atom. The van der Waals surface area contributed by atoms with Crippen molar-refractivity contribution in [3.63, 3.8) is 0 Å². The molecule has 1 saturated heterocycles. The van der Waals surface area contributed by atoms with E-state index in [0.717, 1.165) is 37.4 Å². The summed E-state index contributed by atoms with van der Waals surface area (Å²) in [4.78, 5) is 10.9. The normalized spacial score (nSPS) is 19.8. The quantitative estimate of drug-likeness (QED) is 0.835. The van der Waals surface area contributed by atoms with Crippen LogP contribution in [0.1, 0.15) is 26.0 Å². The van der Waals surface area contributed by atoms with E-state index in [1.807, 2.05) is 7.05 Å². The van der Waals surface area contributed by atoms with Gasteiger partial charge in [-0.2, -0.15) is 4.98 Å². The van der Waals surface area contributed by atoms with Crippen LogP contribution in [0.3, 0.4) is 0 Å². The van der Waals surface area contributed by atoms with E-state index in [1.165, 1.54) is 0 Å². The summed E-state index contributed by atoms with van der Waals surface area (Å²) < 4.78 is 0. The zero-order chi connectivity index (χ0) is 13.1. The fourth-order valence-electron chi connectivity index (χ4n) is 2.39. The summed E-state index contributed by atoms with van der Waals surface area (Å²) in [5.74, 6) is 1.93. The molecule has 2 heterocycles. The molecule has 0 spiro atoms. The van der Waals surface area contributed by atoms with E-state index in [9.17, 15) is 0 Å². The highest BCUT2D eigenvalue weighted by atomic mass is 15.2. The Balaban J connectivity index is 2.15. The lowest BCUT2D eigenvalue weighted by Crippen LogP contribution is -2.30. The summed E-state index contributed by atoms with van der Waals surface area (Å²) in [6.45, 7) is 6.40. The Bertz CT molecular complexity index is 404. The molecule has 1 atom stereocenters. The number of nitrogens with two attached hydrogens (primary N) is 1. The molecule has 0 radical (unpaired) electrons. The number of hydrogen-bond acceptors (Lipinski definition) is 5. The van der Waals surface area contributed by atoms with Crippen LogP contribution in [0.2, 0.25) is 0 Å². The van der Waals surface area contributed by atoms with Gasteiger partial charge in [-0.3, -0.25) is 0 Å². The second-order valence-electron chi connectivity index (χ2n) is 5.39. The highest BCUT2D eigenvalue weighted by Gasteiger charge is 2.22. The first-order valence-electron chi connectivity index (χ1n) is 6.64. The van der Waals surface area contributed by atoms with Crippen LogP contribution in [0.15, 0.2) is 6.07 Å². The number of hydrogen-bond donors (Lipinski definition) is 2. The average molecular weight is 249 g/mol. The van der Waals surface area contributed by atoms with Gasteiger partial charge in [0, 0.05) is 30.9 Å². The van der Waals surface area contributed by atoms with Gasteiger partial charge >= 0.3 is 0 Å². The van der Waals surface area contributed by atoms with Gasteiger partial charge in [0.1, 0.15) is 5.82 Å². The van der Waals surface area contributed by atoms with Gasteiger partial charge < -0.3 is 16.0 Å². The van der Waals surface area contributed by atoms with Crippen LogP contribution >= 0.6 is 0 Å². The molecule has 18 heavy (non-hydrogen) atoms. The summed E-state index contributed by atoms with van der Waals surface area (Å²) in [5, 5.41) is 3.31. The second-order valence-corrected chi connectivity index (χ2v) is 5.39. The number of nitrogens with one attached hydrogen (secondary N) is 1. The molecule has 0 aromatic carbocycles. The molecule has 100 valence electrons. The minimum atomic E-state index is 0.385. The number of nitrogens with zero attached hydrogens (tertiary/aromatic N) is 3. The molecule has 1 aliphatic rings. The number of nitrogen functional groups attached to an aromatic ring is 1. The third-order valence-corrected chi connectivity index (χ3v) is 3.32. The molecule has 2 rings (SSSR count). The Morgan fingerprint density at radius 1 is 1.50 bits per heavy atom. The first kappa shape index (κ1) is 13.1. The average Bonchev–Trinajstić information content (AvgIpc) is 2.75. The molecule has 0 unspecified atom stereocenters. The maximum atomic E-state index is 5.81. The Hall–Kier alpha value is -1.36. The molecule has 1 aromatic heterocycles. The van der Waals surface area contributed by atoms with E-state index in [1.54, 1.807) is 0 Å². The SMILES string of the molecule is CN[C@@H]1CCN(c2cc(CC(C)C)nc(N)n2)C1. The maximum Gasteiger partial charge on any atom is 0.222 e. The Labute approximate surface area is 109 Å². The van der Waals surface area contributed by atoms with Crippen molar-refractivity contribution in [1.29, 1.82) is 0 Å². The third-order valence-electron chi connectivity index (χ3n) is 3.32. The summed E-state index contributed by atoms with van der Waals surface area (Å²) >= 11 is 0. The first-order valence-corrected chi connectivity index (χ1v) is 6.64. The molecule has 0 amide bonds. The van der Waals surface area contributed by atoms with Gasteiger partial charge in [-0.25, -0.2) is 4.98 Å². The second kappa shape index (κ2) is 5.52. The molecular formula is C13H23N5. The van der Waals surface area contributed by atoms with Crippen LogP contribution in [0.25, 0.3) is 0 Å². The van der Waals surface area contributed by atoms with Crippen LogP contribution in [0.4, 0.5) is 11.8 Å². The number of likely N-dealkylation sites (N-methyl/N-ethyl adjacent to an activating group) is 1. The van der Waals surface area contributed by atoms with E-state index in [2.05, 4.69) is 40.1 Å². The van der Waals surface area contributed by atoms with Crippen LogP contribution in [-0.4, -0.2) is 36.1 Å². The van der Waals surface area contributed by atoms with E-state index in [-0.39, 0.29) is 0 Å². The van der Waals surface area contributed by atoms with Crippen LogP contribution < -0.4 is 16.0 Å². The number of anilines is 2. The van der Waals surface area contributed by atoms with E-state index >= 15 is 0 Å². The molecule has 0 bridgehead atoms. The molecule has 3 N–H and O–H groups in total. The summed E-state index contributed by atoms with van der Waals surface area (Å²) in [6.07, 6.45) is 2.10. The lowest BCUT2D eigenvalue weighted by Gasteiger charge is -2.18. The van der Waals surface area contributed by atoms with Gasteiger partial charge in [-0.15, -0.1) is 0 Å². The van der Waals surface area contributed by atoms with Gasteiger partial charge in [0.05, 0.1) is 0 Å². The predicted molar refractivity (Wildman–Crippen MR) is 74.7 cm³/mol. The zero-order valence-electron chi connectivity index (χ0n) is 11.5. The highest BCUT2D eigenvalue weighted by Crippen LogP contribution is 2.20. The van der Waals surface area contributed by atoms with Gasteiger partial charge in [0.25, 0.3) is 0 Å². The summed E-state index contributed by atoms with van der Waals surface area (Å²) in [6, 6.07) is 2.63. The van der Waals surface area contributed by atoms with Gasteiger partial charge in [0.15, 0.2) is 0 Å². The maximum absolute atomic E-state index is 5.81. The summed E-state index contributed by atoms with van der Waals surface area (Å²) in [7, 11) is 2.01. The van der Waals surface area contributed by atoms with Crippen LogP contribution in [0, 0.1) is 5.92 Å². The Morgan fingerprint density at radius 3 is 2.89 bits per heavy atom. The van der Waals surface area contributed by atoms with Crippen molar-refractivity contribution in [3.8, 4) is 0 Å². The molecule has 1 fully saturated rings. The van der Waals surface area contributed by atoms with Gasteiger partial charge in [0.2, 0.25) is 5.95 Å². The fourth-order valence-corrected chi connectivity index (χ4v) is 2.39. The summed E-state index contributed by atoms with van der Waals surface area (Å²) in [5.41, 5.74) is 6.85. The van der Waals surface area contributed by atoms with E-state index in [4.69, 9.17) is 5.73 Å². The molecule has 1 aromatic rings. The van der Waals surface area contributed by atoms with Crippen molar-refractivity contribution in [2.45, 2.75) is 32.7 Å². The number of aromatic nitrogens is 2. The van der Waals surface area contributed by atoms with Crippen molar-refractivity contribution in [2.75, 3.05) is 30.8 Å². The molecular weight excluding hydrogens is 226 g/mol. The minimum Gasteiger partial charge on any atom is -0.368 e. The van der Waals surface area contributed by atoms with E-state index < -0.39 is 0 Å². The van der Waals surface area contributed by atoms with Crippen LogP contribution in [0.5, 0.6) is 0 Å². The van der Waals surface area contributed by atoms with Crippen molar-refractivity contribution < 1.29 is 0 Å². The zero-order valence-corrected chi connectivity index (χ0v) is 11.5. The molecule has 1 aliphatic heterocycles. The smallest absolute Gasteiger partial charge is 0.222 e. The van der Waals surface area contributed by atoms with Crippen molar-refractivity contribution in [1.82, 2.24) is 15.3 Å². The molecule has 5 heteroatoms. The lowest BCUT2D eigenvalue weighted by molar-refractivity contribution is 0.616. The van der Waals surface area contributed by atoms with Crippen LogP contribution in [-0.2, 0) is 6.42 Å². The topological polar surface area (TPSA) is 67.1 Å². The predicted octanol–water partition coefficient (Wildman–Crippen LogP) is 1.06. The lowest BCUT2D eigenvalue weighted by atomic mass is 10.1. The standard InChI is InChI=1S/C13H23N5/c1-9(2)6-11-7-12(17-13(14)16-11)18-5-4-10(8-18)15-3/h7,9-10,15H,4-6,8H2,1-3H3,(H2,14,16,17)/t10-/m1/s1. The first-order chi connectivity index (χ1) is 8.58.